The van der Waals surface area contributed by atoms with Crippen molar-refractivity contribution in [3.63, 3.8) is 0 Å². The Morgan fingerprint density at radius 3 is 2.27 bits per heavy atom. The SMILES string of the molecule is Cc1cc(C)c(S(=O)(=O)N(C)CC(=O)Nc2ccc(Br)cc2F)c(C)c1. The van der Waals surface area contributed by atoms with Crippen LogP contribution in [0.4, 0.5) is 10.1 Å². The lowest BCUT2D eigenvalue weighted by Crippen LogP contribution is -2.35. The van der Waals surface area contributed by atoms with Gasteiger partial charge in [0.25, 0.3) is 0 Å². The number of nitrogens with zero attached hydrogens (tertiary/aromatic N) is 1. The lowest BCUT2D eigenvalue weighted by atomic mass is 10.1. The monoisotopic (exact) mass is 442 g/mol. The van der Waals surface area contributed by atoms with Gasteiger partial charge in [0.05, 0.1) is 17.1 Å². The van der Waals surface area contributed by atoms with E-state index in [-0.39, 0.29) is 10.6 Å². The molecule has 0 bridgehead atoms. The van der Waals surface area contributed by atoms with Crippen molar-refractivity contribution in [1.29, 1.82) is 0 Å². The molecule has 1 N–H and O–H groups in total. The summed E-state index contributed by atoms with van der Waals surface area (Å²) in [5.41, 5.74) is 2.19. The fraction of sp³-hybridized carbons (Fsp3) is 0.278. The van der Waals surface area contributed by atoms with E-state index in [0.29, 0.717) is 15.6 Å². The maximum Gasteiger partial charge on any atom is 0.243 e. The number of hydrogen-bond acceptors (Lipinski definition) is 3. The summed E-state index contributed by atoms with van der Waals surface area (Å²) in [6.07, 6.45) is 0. The Balaban J connectivity index is 2.20. The van der Waals surface area contributed by atoms with Crippen LogP contribution in [0.2, 0.25) is 0 Å². The zero-order valence-corrected chi connectivity index (χ0v) is 17.3. The average Bonchev–Trinajstić information content (AvgIpc) is 2.48. The van der Waals surface area contributed by atoms with E-state index in [2.05, 4.69) is 21.2 Å². The van der Waals surface area contributed by atoms with Crippen LogP contribution in [0, 0.1) is 26.6 Å². The van der Waals surface area contributed by atoms with Crippen molar-refractivity contribution in [3.8, 4) is 0 Å². The number of hydrogen-bond donors (Lipinski definition) is 1. The predicted octanol–water partition coefficient (Wildman–Crippen LogP) is 3.77. The van der Waals surface area contributed by atoms with Gasteiger partial charge in [0.2, 0.25) is 15.9 Å². The van der Waals surface area contributed by atoms with Gasteiger partial charge in [-0.25, -0.2) is 12.8 Å². The fourth-order valence-corrected chi connectivity index (χ4v) is 4.66. The van der Waals surface area contributed by atoms with E-state index in [1.54, 1.807) is 32.0 Å². The van der Waals surface area contributed by atoms with Gasteiger partial charge in [0, 0.05) is 11.5 Å². The van der Waals surface area contributed by atoms with E-state index in [1.807, 2.05) is 6.92 Å². The number of benzene rings is 2. The van der Waals surface area contributed by atoms with Crippen LogP contribution in [0.1, 0.15) is 16.7 Å². The van der Waals surface area contributed by atoms with Crippen LogP contribution in [-0.2, 0) is 14.8 Å². The number of nitrogens with one attached hydrogen (secondary N) is 1. The number of halogens is 2. The lowest BCUT2D eigenvalue weighted by molar-refractivity contribution is -0.116. The fourth-order valence-electron chi connectivity index (χ4n) is 2.80. The Labute approximate surface area is 161 Å². The van der Waals surface area contributed by atoms with Crippen molar-refractivity contribution in [1.82, 2.24) is 4.31 Å². The van der Waals surface area contributed by atoms with Crippen molar-refractivity contribution in [3.05, 3.63) is 57.3 Å². The van der Waals surface area contributed by atoms with Crippen LogP contribution in [0.5, 0.6) is 0 Å². The van der Waals surface area contributed by atoms with E-state index >= 15 is 0 Å². The molecule has 0 aromatic heterocycles. The summed E-state index contributed by atoms with van der Waals surface area (Å²) in [6.45, 7) is 4.90. The minimum absolute atomic E-state index is 0.00769. The molecule has 0 radical (unpaired) electrons. The first kappa shape index (κ1) is 20.5. The van der Waals surface area contributed by atoms with Crippen molar-refractivity contribution in [2.45, 2.75) is 25.7 Å². The van der Waals surface area contributed by atoms with Gasteiger partial charge in [0.15, 0.2) is 0 Å². The highest BCUT2D eigenvalue weighted by Gasteiger charge is 2.26. The van der Waals surface area contributed by atoms with Crippen LogP contribution < -0.4 is 5.32 Å². The molecule has 2 aromatic rings. The number of carbonyl (C=O) groups is 1. The van der Waals surface area contributed by atoms with Gasteiger partial charge in [-0.3, -0.25) is 4.79 Å². The number of carbonyl (C=O) groups excluding carboxylic acids is 1. The smallest absolute Gasteiger partial charge is 0.243 e. The summed E-state index contributed by atoms with van der Waals surface area (Å²) in [7, 11) is -2.53. The highest BCUT2D eigenvalue weighted by molar-refractivity contribution is 9.10. The summed E-state index contributed by atoms with van der Waals surface area (Å²) in [6, 6.07) is 7.77. The predicted molar refractivity (Wildman–Crippen MR) is 103 cm³/mol. The van der Waals surface area contributed by atoms with E-state index in [4.69, 9.17) is 0 Å². The minimum atomic E-state index is -3.85. The second-order valence-corrected chi connectivity index (χ2v) is 9.06. The Morgan fingerprint density at radius 2 is 1.73 bits per heavy atom. The summed E-state index contributed by atoms with van der Waals surface area (Å²) in [4.78, 5) is 12.4. The molecule has 0 spiro atoms. The van der Waals surface area contributed by atoms with Gasteiger partial charge in [-0.15, -0.1) is 0 Å². The Kier molecular flexibility index (Phi) is 6.21. The molecule has 0 aliphatic carbocycles. The van der Waals surface area contributed by atoms with Crippen molar-refractivity contribution >= 4 is 37.5 Å². The number of anilines is 1. The van der Waals surface area contributed by atoms with E-state index < -0.39 is 28.3 Å². The van der Waals surface area contributed by atoms with Crippen LogP contribution in [0.3, 0.4) is 0 Å². The topological polar surface area (TPSA) is 66.5 Å². The van der Waals surface area contributed by atoms with Gasteiger partial charge in [-0.1, -0.05) is 33.6 Å². The third kappa shape index (κ3) is 4.49. The molecule has 0 saturated heterocycles. The molecule has 0 heterocycles. The Morgan fingerprint density at radius 1 is 1.15 bits per heavy atom. The zero-order chi connectivity index (χ0) is 19.6. The van der Waals surface area contributed by atoms with Gasteiger partial charge in [-0.2, -0.15) is 4.31 Å². The van der Waals surface area contributed by atoms with Crippen molar-refractivity contribution in [2.24, 2.45) is 0 Å². The highest BCUT2D eigenvalue weighted by Crippen LogP contribution is 2.25. The number of sulfonamides is 1. The molecule has 5 nitrogen and oxygen atoms in total. The summed E-state index contributed by atoms with van der Waals surface area (Å²) < 4.78 is 41.0. The molecule has 140 valence electrons. The molecular formula is C18H20BrFN2O3S. The van der Waals surface area contributed by atoms with Gasteiger partial charge < -0.3 is 5.32 Å². The van der Waals surface area contributed by atoms with E-state index in [9.17, 15) is 17.6 Å². The van der Waals surface area contributed by atoms with Gasteiger partial charge >= 0.3 is 0 Å². The third-order valence-electron chi connectivity index (χ3n) is 3.84. The Hall–Kier alpha value is -1.77. The van der Waals surface area contributed by atoms with Crippen LogP contribution in [-0.4, -0.2) is 32.2 Å². The van der Waals surface area contributed by atoms with E-state index in [1.165, 1.54) is 19.2 Å². The molecule has 0 aliphatic heterocycles. The molecule has 0 aliphatic rings. The second kappa shape index (κ2) is 7.85. The average molecular weight is 443 g/mol. The maximum absolute atomic E-state index is 13.8. The first-order chi connectivity index (χ1) is 12.0. The van der Waals surface area contributed by atoms with E-state index in [0.717, 1.165) is 9.87 Å². The maximum atomic E-state index is 13.8. The molecule has 26 heavy (non-hydrogen) atoms. The van der Waals surface area contributed by atoms with Crippen LogP contribution in [0.15, 0.2) is 39.7 Å². The minimum Gasteiger partial charge on any atom is -0.322 e. The molecule has 2 rings (SSSR count). The normalized spacial score (nSPS) is 11.7. The number of rotatable bonds is 5. The lowest BCUT2D eigenvalue weighted by Gasteiger charge is -2.20. The Bertz CT molecular complexity index is 938. The second-order valence-electron chi connectivity index (χ2n) is 6.16. The third-order valence-corrected chi connectivity index (χ3v) is 6.45. The van der Waals surface area contributed by atoms with Crippen molar-refractivity contribution in [2.75, 3.05) is 18.9 Å². The molecule has 8 heteroatoms. The molecule has 1 amide bonds. The molecular weight excluding hydrogens is 423 g/mol. The molecule has 0 atom stereocenters. The molecule has 0 fully saturated rings. The first-order valence-electron chi connectivity index (χ1n) is 7.81. The summed E-state index contributed by atoms with van der Waals surface area (Å²) in [5, 5.41) is 2.39. The first-order valence-corrected chi connectivity index (χ1v) is 10.0. The summed E-state index contributed by atoms with van der Waals surface area (Å²) >= 11 is 3.13. The number of amides is 1. The van der Waals surface area contributed by atoms with Crippen LogP contribution in [0.25, 0.3) is 0 Å². The van der Waals surface area contributed by atoms with Crippen molar-refractivity contribution < 1.29 is 17.6 Å². The summed E-state index contributed by atoms with van der Waals surface area (Å²) in [5.74, 6) is -1.23. The van der Waals surface area contributed by atoms with Gasteiger partial charge in [0.1, 0.15) is 5.82 Å². The quantitative estimate of drug-likeness (QED) is 0.765. The number of likely N-dealkylation sites (N-methyl/N-ethyl adjacent to an activating group) is 1. The highest BCUT2D eigenvalue weighted by atomic mass is 79.9. The standard InChI is InChI=1S/C18H20BrFN2O3S/c1-11-7-12(2)18(13(3)8-11)26(24,25)22(4)10-17(23)21-16-6-5-14(19)9-15(16)20/h5-9H,10H2,1-4H3,(H,21,23). The zero-order valence-electron chi connectivity index (χ0n) is 14.9. The molecule has 0 saturated carbocycles. The molecule has 0 unspecified atom stereocenters. The number of aryl methyl sites for hydroxylation is 3. The van der Waals surface area contributed by atoms with Gasteiger partial charge in [-0.05, 0) is 50.1 Å². The largest absolute Gasteiger partial charge is 0.322 e. The van der Waals surface area contributed by atoms with Crippen LogP contribution >= 0.6 is 15.9 Å². The molecule has 2 aromatic carbocycles.